The molecule has 0 aliphatic rings. The number of rotatable bonds is 6. The van der Waals surface area contributed by atoms with Crippen molar-refractivity contribution in [3.63, 3.8) is 0 Å². The Morgan fingerprint density at radius 2 is 1.46 bits per heavy atom. The summed E-state index contributed by atoms with van der Waals surface area (Å²) < 4.78 is 5.44. The molecule has 3 aromatic rings. The van der Waals surface area contributed by atoms with Crippen molar-refractivity contribution in [2.75, 3.05) is 5.32 Å². The lowest BCUT2D eigenvalue weighted by Crippen LogP contribution is -2.19. The number of hydrogen-bond acceptors (Lipinski definition) is 3. The second kappa shape index (κ2) is 9.00. The number of hydrogen-bond donors (Lipinski definition) is 1. The van der Waals surface area contributed by atoms with Crippen molar-refractivity contribution < 1.29 is 14.3 Å². The Bertz CT molecular complexity index is 932. The average molecular weight is 373 g/mol. The summed E-state index contributed by atoms with van der Waals surface area (Å²) in [6, 6.07) is 24.1. The fourth-order valence-corrected chi connectivity index (χ4v) is 2.65. The van der Waals surface area contributed by atoms with Crippen molar-refractivity contribution in [1.29, 1.82) is 0 Å². The Kier molecular flexibility index (Phi) is 6.22. The number of ether oxygens (including phenoxy) is 1. The third kappa shape index (κ3) is 4.86. The van der Waals surface area contributed by atoms with Gasteiger partial charge in [-0.15, -0.1) is 0 Å². The molecule has 0 fully saturated rings. The van der Waals surface area contributed by atoms with Crippen LogP contribution in [0.4, 0.5) is 5.69 Å². The van der Waals surface area contributed by atoms with Gasteiger partial charge in [0.25, 0.3) is 0 Å². The molecule has 28 heavy (non-hydrogen) atoms. The molecule has 0 aromatic heterocycles. The highest BCUT2D eigenvalue weighted by molar-refractivity contribution is 5.94. The fourth-order valence-electron chi connectivity index (χ4n) is 2.65. The van der Waals surface area contributed by atoms with Crippen LogP contribution in [0.1, 0.15) is 30.6 Å². The standard InChI is InChI=1S/C24H23NO3/c1-3-17(2)23(26)25-21-13-9-20(10-14-21)24(27)28-22-15-11-19(12-16-22)18-7-5-4-6-8-18/h4-17H,3H2,1-2H3,(H,25,26). The molecule has 142 valence electrons. The van der Waals surface area contributed by atoms with Gasteiger partial charge in [0.05, 0.1) is 5.56 Å². The summed E-state index contributed by atoms with van der Waals surface area (Å²) in [5.41, 5.74) is 3.25. The third-order valence-electron chi connectivity index (χ3n) is 4.62. The summed E-state index contributed by atoms with van der Waals surface area (Å²) in [5, 5.41) is 2.84. The number of amides is 1. The molecule has 0 spiro atoms. The van der Waals surface area contributed by atoms with E-state index in [1.807, 2.05) is 56.3 Å². The second-order valence-corrected chi connectivity index (χ2v) is 6.66. The van der Waals surface area contributed by atoms with Gasteiger partial charge in [0.1, 0.15) is 5.75 Å². The maximum Gasteiger partial charge on any atom is 0.343 e. The zero-order valence-electron chi connectivity index (χ0n) is 16.0. The number of carbonyl (C=O) groups is 2. The molecule has 0 aliphatic heterocycles. The first-order valence-corrected chi connectivity index (χ1v) is 9.35. The fraction of sp³-hybridized carbons (Fsp3) is 0.167. The zero-order chi connectivity index (χ0) is 19.9. The van der Waals surface area contributed by atoms with E-state index in [4.69, 9.17) is 4.74 Å². The summed E-state index contributed by atoms with van der Waals surface area (Å²) in [6.45, 7) is 3.85. The van der Waals surface area contributed by atoms with Gasteiger partial charge in [0, 0.05) is 11.6 Å². The molecule has 1 amide bonds. The Labute approximate surface area is 165 Å². The van der Waals surface area contributed by atoms with Crippen molar-refractivity contribution >= 4 is 17.6 Å². The zero-order valence-corrected chi connectivity index (χ0v) is 16.0. The molecule has 1 N–H and O–H groups in total. The Balaban J connectivity index is 1.62. The lowest BCUT2D eigenvalue weighted by Gasteiger charge is -2.10. The van der Waals surface area contributed by atoms with Crippen molar-refractivity contribution in [1.82, 2.24) is 0 Å². The van der Waals surface area contributed by atoms with Crippen LogP contribution in [0.3, 0.4) is 0 Å². The molecule has 0 saturated heterocycles. The van der Waals surface area contributed by atoms with Crippen LogP contribution in [0.25, 0.3) is 11.1 Å². The lowest BCUT2D eigenvalue weighted by molar-refractivity contribution is -0.119. The number of benzene rings is 3. The van der Waals surface area contributed by atoms with E-state index in [1.54, 1.807) is 36.4 Å². The van der Waals surface area contributed by atoms with Gasteiger partial charge in [-0.25, -0.2) is 4.79 Å². The number of nitrogens with one attached hydrogen (secondary N) is 1. The van der Waals surface area contributed by atoms with Crippen LogP contribution in [0.2, 0.25) is 0 Å². The van der Waals surface area contributed by atoms with Crippen molar-refractivity contribution in [3.05, 3.63) is 84.4 Å². The van der Waals surface area contributed by atoms with Gasteiger partial charge in [0.2, 0.25) is 5.91 Å². The molecule has 0 aliphatic carbocycles. The van der Waals surface area contributed by atoms with E-state index in [0.717, 1.165) is 17.5 Å². The van der Waals surface area contributed by atoms with E-state index in [9.17, 15) is 9.59 Å². The SMILES string of the molecule is CCC(C)C(=O)Nc1ccc(C(=O)Oc2ccc(-c3ccccc3)cc2)cc1. The largest absolute Gasteiger partial charge is 0.423 e. The van der Waals surface area contributed by atoms with Gasteiger partial charge >= 0.3 is 5.97 Å². The molecular weight excluding hydrogens is 350 g/mol. The highest BCUT2D eigenvalue weighted by Gasteiger charge is 2.12. The smallest absolute Gasteiger partial charge is 0.343 e. The number of carbonyl (C=O) groups excluding carboxylic acids is 2. The van der Waals surface area contributed by atoms with E-state index in [1.165, 1.54) is 0 Å². The molecule has 3 aromatic carbocycles. The van der Waals surface area contributed by atoms with Crippen molar-refractivity contribution in [2.45, 2.75) is 20.3 Å². The van der Waals surface area contributed by atoms with E-state index in [2.05, 4.69) is 5.32 Å². The summed E-state index contributed by atoms with van der Waals surface area (Å²) in [7, 11) is 0. The molecule has 4 heteroatoms. The maximum absolute atomic E-state index is 12.3. The topological polar surface area (TPSA) is 55.4 Å². The summed E-state index contributed by atoms with van der Waals surface area (Å²) in [4.78, 5) is 24.3. The molecule has 4 nitrogen and oxygen atoms in total. The first-order chi connectivity index (χ1) is 13.6. The van der Waals surface area contributed by atoms with Gasteiger partial charge in [-0.05, 0) is 53.9 Å². The van der Waals surface area contributed by atoms with E-state index >= 15 is 0 Å². The lowest BCUT2D eigenvalue weighted by atomic mass is 10.1. The first kappa shape index (κ1) is 19.4. The van der Waals surface area contributed by atoms with Crippen molar-refractivity contribution in [3.8, 4) is 16.9 Å². The molecular formula is C24H23NO3. The molecule has 3 rings (SSSR count). The van der Waals surface area contributed by atoms with Crippen LogP contribution >= 0.6 is 0 Å². The molecule has 0 saturated carbocycles. The summed E-state index contributed by atoms with van der Waals surface area (Å²) in [6.07, 6.45) is 0.777. The minimum absolute atomic E-state index is 0.0312. The molecule has 0 bridgehead atoms. The first-order valence-electron chi connectivity index (χ1n) is 9.35. The highest BCUT2D eigenvalue weighted by Crippen LogP contribution is 2.23. The van der Waals surface area contributed by atoms with Crippen LogP contribution in [-0.4, -0.2) is 11.9 Å². The minimum Gasteiger partial charge on any atom is -0.423 e. The Morgan fingerprint density at radius 1 is 0.857 bits per heavy atom. The number of anilines is 1. The van der Waals surface area contributed by atoms with E-state index in [0.29, 0.717) is 17.0 Å². The molecule has 1 atom stereocenters. The summed E-state index contributed by atoms with van der Waals surface area (Å²) in [5.74, 6) is -0.0362. The second-order valence-electron chi connectivity index (χ2n) is 6.66. The van der Waals surface area contributed by atoms with Gasteiger partial charge in [0.15, 0.2) is 0 Å². The predicted molar refractivity (Wildman–Crippen MR) is 111 cm³/mol. The highest BCUT2D eigenvalue weighted by atomic mass is 16.5. The van der Waals surface area contributed by atoms with Gasteiger partial charge in [-0.3, -0.25) is 4.79 Å². The predicted octanol–water partition coefficient (Wildman–Crippen LogP) is 5.56. The van der Waals surface area contributed by atoms with Crippen LogP contribution in [0, 0.1) is 5.92 Å². The van der Waals surface area contributed by atoms with Crippen LogP contribution < -0.4 is 10.1 Å². The van der Waals surface area contributed by atoms with Crippen LogP contribution in [0.5, 0.6) is 5.75 Å². The van der Waals surface area contributed by atoms with Crippen LogP contribution in [0.15, 0.2) is 78.9 Å². The molecule has 0 heterocycles. The quantitative estimate of drug-likeness (QED) is 0.455. The van der Waals surface area contributed by atoms with E-state index < -0.39 is 5.97 Å². The van der Waals surface area contributed by atoms with Gasteiger partial charge in [-0.2, -0.15) is 0 Å². The van der Waals surface area contributed by atoms with Crippen molar-refractivity contribution in [2.24, 2.45) is 5.92 Å². The summed E-state index contributed by atoms with van der Waals surface area (Å²) >= 11 is 0. The third-order valence-corrected chi connectivity index (χ3v) is 4.62. The maximum atomic E-state index is 12.3. The molecule has 0 radical (unpaired) electrons. The normalized spacial score (nSPS) is 11.5. The van der Waals surface area contributed by atoms with Crippen LogP contribution in [-0.2, 0) is 4.79 Å². The Morgan fingerprint density at radius 3 is 2.07 bits per heavy atom. The monoisotopic (exact) mass is 373 g/mol. The molecule has 1 unspecified atom stereocenters. The number of esters is 1. The van der Waals surface area contributed by atoms with Gasteiger partial charge in [-0.1, -0.05) is 56.3 Å². The minimum atomic E-state index is -0.438. The van der Waals surface area contributed by atoms with E-state index in [-0.39, 0.29) is 11.8 Å². The average Bonchev–Trinajstić information content (AvgIpc) is 2.74. The Hall–Kier alpha value is -3.40. The van der Waals surface area contributed by atoms with Gasteiger partial charge < -0.3 is 10.1 Å².